The molecule has 1 aromatic heterocycles. The molecule has 0 unspecified atom stereocenters. The normalized spacial score (nSPS) is 18.1. The van der Waals surface area contributed by atoms with Gasteiger partial charge >= 0.3 is 0 Å². The van der Waals surface area contributed by atoms with E-state index in [1.807, 2.05) is 12.1 Å². The molecule has 3 rings (SSSR count). The van der Waals surface area contributed by atoms with Crippen LogP contribution in [0.4, 0.5) is 5.82 Å². The van der Waals surface area contributed by atoms with Crippen molar-refractivity contribution in [1.29, 1.82) is 0 Å². The van der Waals surface area contributed by atoms with Gasteiger partial charge < -0.3 is 15.5 Å². The first-order chi connectivity index (χ1) is 9.66. The number of nitrogens with zero attached hydrogens (tertiary/aromatic N) is 1. The molecule has 1 heterocycles. The molecule has 3 N–H and O–H groups in total. The molecular weight excluding hydrogens is 252 g/mol. The van der Waals surface area contributed by atoms with E-state index in [2.05, 4.69) is 10.3 Å². The Morgan fingerprint density at radius 3 is 2.75 bits per heavy atom. The molecule has 4 heteroatoms. The standard InChI is InChI=1S/C16H20N2O2/c19-13-5-4-12-6-9-17-15(14(12)10-13)18-11-16(20)7-2-1-3-8-16/h4-6,9-10,19-20H,1-3,7-8,11H2,(H,17,18). The van der Waals surface area contributed by atoms with Crippen molar-refractivity contribution in [2.45, 2.75) is 37.7 Å². The molecule has 20 heavy (non-hydrogen) atoms. The summed E-state index contributed by atoms with van der Waals surface area (Å²) in [6.45, 7) is 0.509. The van der Waals surface area contributed by atoms with Crippen molar-refractivity contribution in [2.75, 3.05) is 11.9 Å². The van der Waals surface area contributed by atoms with Gasteiger partial charge in [0.05, 0.1) is 5.60 Å². The molecule has 0 saturated heterocycles. The lowest BCUT2D eigenvalue weighted by molar-refractivity contribution is 0.0167. The first-order valence-electron chi connectivity index (χ1n) is 7.20. The number of aromatic hydroxyl groups is 1. The summed E-state index contributed by atoms with van der Waals surface area (Å²) in [5.41, 5.74) is -0.626. The van der Waals surface area contributed by atoms with Crippen molar-refractivity contribution < 1.29 is 10.2 Å². The van der Waals surface area contributed by atoms with Crippen LogP contribution in [0, 0.1) is 0 Å². The highest BCUT2D eigenvalue weighted by Crippen LogP contribution is 2.30. The summed E-state index contributed by atoms with van der Waals surface area (Å²) in [6.07, 6.45) is 6.81. The van der Waals surface area contributed by atoms with Crippen LogP contribution in [-0.4, -0.2) is 27.3 Å². The Hall–Kier alpha value is -1.81. The summed E-state index contributed by atoms with van der Waals surface area (Å²) in [4.78, 5) is 4.33. The largest absolute Gasteiger partial charge is 0.508 e. The van der Waals surface area contributed by atoms with Gasteiger partial charge in [-0.2, -0.15) is 0 Å². The monoisotopic (exact) mass is 272 g/mol. The van der Waals surface area contributed by atoms with Crippen LogP contribution < -0.4 is 5.32 Å². The molecule has 0 spiro atoms. The molecule has 1 aliphatic carbocycles. The van der Waals surface area contributed by atoms with Crippen LogP contribution in [0.5, 0.6) is 5.75 Å². The average Bonchev–Trinajstić information content (AvgIpc) is 2.46. The number of phenolic OH excluding ortho intramolecular Hbond substituents is 1. The molecule has 0 aliphatic heterocycles. The van der Waals surface area contributed by atoms with E-state index in [0.717, 1.165) is 42.3 Å². The summed E-state index contributed by atoms with van der Waals surface area (Å²) in [7, 11) is 0. The molecule has 106 valence electrons. The zero-order valence-electron chi connectivity index (χ0n) is 11.5. The second-order valence-corrected chi connectivity index (χ2v) is 5.70. The third-order valence-electron chi connectivity index (χ3n) is 4.12. The number of aromatic nitrogens is 1. The van der Waals surface area contributed by atoms with E-state index in [9.17, 15) is 10.2 Å². The summed E-state index contributed by atoms with van der Waals surface area (Å²) in [5.74, 6) is 0.947. The molecule has 4 nitrogen and oxygen atoms in total. The summed E-state index contributed by atoms with van der Waals surface area (Å²) < 4.78 is 0. The molecule has 1 fully saturated rings. The molecular formula is C16H20N2O2. The fourth-order valence-electron chi connectivity index (χ4n) is 2.93. The highest BCUT2D eigenvalue weighted by Gasteiger charge is 2.28. The van der Waals surface area contributed by atoms with E-state index < -0.39 is 5.60 Å². The van der Waals surface area contributed by atoms with Gasteiger partial charge in [0.25, 0.3) is 0 Å². The van der Waals surface area contributed by atoms with Crippen molar-refractivity contribution in [2.24, 2.45) is 0 Å². The number of aliphatic hydroxyl groups is 1. The lowest BCUT2D eigenvalue weighted by Crippen LogP contribution is -2.38. The van der Waals surface area contributed by atoms with Crippen molar-refractivity contribution in [1.82, 2.24) is 4.98 Å². The topological polar surface area (TPSA) is 65.4 Å². The lowest BCUT2D eigenvalue weighted by Gasteiger charge is -2.32. The molecule has 0 radical (unpaired) electrons. The minimum atomic E-state index is -0.626. The molecule has 0 bridgehead atoms. The van der Waals surface area contributed by atoms with Crippen LogP contribution in [0.3, 0.4) is 0 Å². The van der Waals surface area contributed by atoms with Gasteiger partial charge in [-0.05, 0) is 36.4 Å². The molecule has 1 saturated carbocycles. The SMILES string of the molecule is Oc1ccc2ccnc(NCC3(O)CCCCC3)c2c1. The predicted octanol–water partition coefficient (Wildman–Crippen LogP) is 3.05. The Morgan fingerprint density at radius 1 is 1.15 bits per heavy atom. The highest BCUT2D eigenvalue weighted by atomic mass is 16.3. The second-order valence-electron chi connectivity index (χ2n) is 5.70. The number of fused-ring (bicyclic) bond motifs is 1. The Balaban J connectivity index is 1.82. The zero-order valence-corrected chi connectivity index (χ0v) is 11.5. The van der Waals surface area contributed by atoms with E-state index in [0.29, 0.717) is 6.54 Å². The minimum absolute atomic E-state index is 0.227. The molecule has 2 aromatic rings. The zero-order chi connectivity index (χ0) is 14.0. The number of hydrogen-bond acceptors (Lipinski definition) is 4. The second kappa shape index (κ2) is 5.29. The maximum Gasteiger partial charge on any atom is 0.134 e. The van der Waals surface area contributed by atoms with Crippen molar-refractivity contribution in [3.05, 3.63) is 30.5 Å². The van der Waals surface area contributed by atoms with Crippen LogP contribution >= 0.6 is 0 Å². The Morgan fingerprint density at radius 2 is 1.95 bits per heavy atom. The molecule has 0 amide bonds. The maximum absolute atomic E-state index is 10.5. The maximum atomic E-state index is 10.5. The van der Waals surface area contributed by atoms with E-state index in [1.165, 1.54) is 6.42 Å². The molecule has 1 aromatic carbocycles. The van der Waals surface area contributed by atoms with Crippen LogP contribution in [0.1, 0.15) is 32.1 Å². The fourth-order valence-corrected chi connectivity index (χ4v) is 2.93. The van der Waals surface area contributed by atoms with Gasteiger partial charge in [-0.1, -0.05) is 25.3 Å². The third kappa shape index (κ3) is 2.70. The van der Waals surface area contributed by atoms with Gasteiger partial charge in [0.15, 0.2) is 0 Å². The van der Waals surface area contributed by atoms with Gasteiger partial charge in [0.1, 0.15) is 11.6 Å². The number of benzene rings is 1. The van der Waals surface area contributed by atoms with E-state index in [4.69, 9.17) is 0 Å². The summed E-state index contributed by atoms with van der Waals surface area (Å²) in [6, 6.07) is 7.15. The highest BCUT2D eigenvalue weighted by molar-refractivity contribution is 5.92. The average molecular weight is 272 g/mol. The fraction of sp³-hybridized carbons (Fsp3) is 0.438. The van der Waals surface area contributed by atoms with Crippen molar-refractivity contribution >= 4 is 16.6 Å². The number of nitrogens with one attached hydrogen (secondary N) is 1. The van der Waals surface area contributed by atoms with Crippen LogP contribution in [0.15, 0.2) is 30.5 Å². The number of rotatable bonds is 3. The Kier molecular flexibility index (Phi) is 3.49. The Labute approximate surface area is 118 Å². The van der Waals surface area contributed by atoms with Crippen LogP contribution in [0.2, 0.25) is 0 Å². The van der Waals surface area contributed by atoms with Gasteiger partial charge in [0, 0.05) is 18.1 Å². The van der Waals surface area contributed by atoms with Crippen LogP contribution in [0.25, 0.3) is 10.8 Å². The smallest absolute Gasteiger partial charge is 0.134 e. The van der Waals surface area contributed by atoms with Crippen molar-refractivity contribution in [3.8, 4) is 5.75 Å². The first-order valence-corrected chi connectivity index (χ1v) is 7.20. The van der Waals surface area contributed by atoms with Crippen LogP contribution in [-0.2, 0) is 0 Å². The van der Waals surface area contributed by atoms with E-state index >= 15 is 0 Å². The predicted molar refractivity (Wildman–Crippen MR) is 79.9 cm³/mol. The lowest BCUT2D eigenvalue weighted by atomic mass is 9.85. The number of phenols is 1. The summed E-state index contributed by atoms with van der Waals surface area (Å²) >= 11 is 0. The minimum Gasteiger partial charge on any atom is -0.508 e. The third-order valence-corrected chi connectivity index (χ3v) is 4.12. The van der Waals surface area contributed by atoms with Gasteiger partial charge in [-0.25, -0.2) is 4.98 Å². The first kappa shape index (κ1) is 13.2. The number of anilines is 1. The molecule has 1 aliphatic rings. The van der Waals surface area contributed by atoms with Crippen molar-refractivity contribution in [3.63, 3.8) is 0 Å². The molecule has 0 atom stereocenters. The summed E-state index contributed by atoms with van der Waals surface area (Å²) in [5, 5.41) is 25.3. The van der Waals surface area contributed by atoms with E-state index in [1.54, 1.807) is 18.3 Å². The van der Waals surface area contributed by atoms with E-state index in [-0.39, 0.29) is 5.75 Å². The Bertz CT molecular complexity index is 606. The van der Waals surface area contributed by atoms with Gasteiger partial charge in [-0.15, -0.1) is 0 Å². The quantitative estimate of drug-likeness (QED) is 0.803. The van der Waals surface area contributed by atoms with Gasteiger partial charge in [-0.3, -0.25) is 0 Å². The number of pyridine rings is 1. The number of hydrogen-bond donors (Lipinski definition) is 3. The van der Waals surface area contributed by atoms with Gasteiger partial charge in [0.2, 0.25) is 0 Å².